The molecule has 34 heavy (non-hydrogen) atoms. The Kier molecular flexibility index (Phi) is 7.06. The fraction of sp³-hybridized carbons (Fsp3) is 0.357. The molecule has 0 saturated carbocycles. The largest absolute Gasteiger partial charge is 0.493 e. The van der Waals surface area contributed by atoms with E-state index in [2.05, 4.69) is 11.9 Å². The van der Waals surface area contributed by atoms with Crippen LogP contribution in [0.2, 0.25) is 0 Å². The highest BCUT2D eigenvalue weighted by atomic mass is 16.5. The minimum atomic E-state index is -0.719. The zero-order valence-electron chi connectivity index (χ0n) is 19.9. The van der Waals surface area contributed by atoms with Crippen molar-refractivity contribution in [2.75, 3.05) is 7.11 Å². The summed E-state index contributed by atoms with van der Waals surface area (Å²) in [5, 5.41) is 3.24. The zero-order chi connectivity index (χ0) is 24.2. The van der Waals surface area contributed by atoms with Gasteiger partial charge in [-0.1, -0.05) is 43.0 Å². The van der Waals surface area contributed by atoms with E-state index >= 15 is 0 Å². The van der Waals surface area contributed by atoms with Crippen LogP contribution in [0.15, 0.2) is 72.1 Å². The molecule has 1 heterocycles. The lowest BCUT2D eigenvalue weighted by molar-refractivity contribution is -0.151. The molecule has 2 aromatic carbocycles. The van der Waals surface area contributed by atoms with Crippen molar-refractivity contribution in [2.24, 2.45) is 5.92 Å². The number of carbonyl (C=O) groups is 2. The van der Waals surface area contributed by atoms with Crippen molar-refractivity contribution in [3.63, 3.8) is 0 Å². The van der Waals surface area contributed by atoms with Gasteiger partial charge >= 0.3 is 5.97 Å². The van der Waals surface area contributed by atoms with Gasteiger partial charge in [-0.3, -0.25) is 9.59 Å². The Hall–Kier alpha value is -3.54. The van der Waals surface area contributed by atoms with E-state index in [-0.39, 0.29) is 11.9 Å². The van der Waals surface area contributed by atoms with Gasteiger partial charge in [0.2, 0.25) is 0 Å². The molecule has 2 aliphatic rings. The molecule has 4 rings (SSSR count). The molecule has 6 heteroatoms. The molecular formula is C28H31NO5. The molecule has 1 N–H and O–H groups in total. The van der Waals surface area contributed by atoms with Gasteiger partial charge in [0.25, 0.3) is 0 Å². The van der Waals surface area contributed by atoms with Gasteiger partial charge in [-0.15, -0.1) is 0 Å². The van der Waals surface area contributed by atoms with E-state index in [9.17, 15) is 9.59 Å². The van der Waals surface area contributed by atoms with Gasteiger partial charge in [-0.25, -0.2) is 0 Å². The molecule has 2 aromatic rings. The van der Waals surface area contributed by atoms with Gasteiger partial charge in [0.05, 0.1) is 13.2 Å². The van der Waals surface area contributed by atoms with Crippen molar-refractivity contribution < 1.29 is 23.8 Å². The number of hydrogen-bond donors (Lipinski definition) is 1. The highest BCUT2D eigenvalue weighted by Crippen LogP contribution is 2.46. The summed E-state index contributed by atoms with van der Waals surface area (Å²) in [4.78, 5) is 26.2. The number of carbonyl (C=O) groups excluding carboxylic acids is 2. The van der Waals surface area contributed by atoms with Crippen molar-refractivity contribution >= 4 is 11.8 Å². The molecule has 178 valence electrons. The molecule has 0 saturated heterocycles. The van der Waals surface area contributed by atoms with Crippen LogP contribution in [0.3, 0.4) is 0 Å². The lowest BCUT2D eigenvalue weighted by Crippen LogP contribution is -2.41. The summed E-state index contributed by atoms with van der Waals surface area (Å²) in [6.07, 6.45) is 1.71. The van der Waals surface area contributed by atoms with E-state index in [4.69, 9.17) is 14.2 Å². The van der Waals surface area contributed by atoms with E-state index in [0.29, 0.717) is 35.8 Å². The maximum Gasteiger partial charge on any atom is 0.316 e. The molecule has 1 aliphatic heterocycles. The molecule has 1 aliphatic carbocycles. The predicted molar refractivity (Wildman–Crippen MR) is 129 cm³/mol. The molecule has 0 fully saturated rings. The molecule has 6 nitrogen and oxygen atoms in total. The first-order valence-corrected chi connectivity index (χ1v) is 11.7. The lowest BCUT2D eigenvalue weighted by Gasteiger charge is -2.38. The summed E-state index contributed by atoms with van der Waals surface area (Å²) in [5.41, 5.74) is 3.88. The third-order valence-corrected chi connectivity index (χ3v) is 6.18. The van der Waals surface area contributed by atoms with E-state index in [1.807, 2.05) is 62.4 Å². The van der Waals surface area contributed by atoms with Crippen LogP contribution in [0.5, 0.6) is 11.5 Å². The van der Waals surface area contributed by atoms with Crippen LogP contribution >= 0.6 is 0 Å². The number of benzene rings is 2. The van der Waals surface area contributed by atoms with Crippen molar-refractivity contribution in [3.05, 3.63) is 83.2 Å². The number of hydrogen-bond acceptors (Lipinski definition) is 6. The lowest BCUT2D eigenvalue weighted by atomic mass is 9.71. The minimum Gasteiger partial charge on any atom is -0.493 e. The van der Waals surface area contributed by atoms with Crippen LogP contribution in [-0.2, 0) is 20.9 Å². The number of methoxy groups -OCH3 is 1. The number of rotatable bonds is 7. The first-order valence-electron chi connectivity index (χ1n) is 11.7. The predicted octanol–water partition coefficient (Wildman–Crippen LogP) is 5.05. The van der Waals surface area contributed by atoms with Crippen LogP contribution in [0.1, 0.15) is 50.2 Å². The van der Waals surface area contributed by atoms with Crippen molar-refractivity contribution in [3.8, 4) is 11.5 Å². The Morgan fingerprint density at radius 2 is 1.88 bits per heavy atom. The summed E-state index contributed by atoms with van der Waals surface area (Å²) in [7, 11) is 1.58. The first-order chi connectivity index (χ1) is 16.4. The molecule has 0 spiro atoms. The molecule has 2 unspecified atom stereocenters. The van der Waals surface area contributed by atoms with Crippen LogP contribution in [0, 0.1) is 5.92 Å². The Bertz CT molecular complexity index is 1120. The van der Waals surface area contributed by atoms with Gasteiger partial charge in [0.15, 0.2) is 17.3 Å². The smallest absolute Gasteiger partial charge is 0.316 e. The Balaban J connectivity index is 1.72. The highest BCUT2D eigenvalue weighted by molar-refractivity contribution is 6.00. The number of ketones is 1. The van der Waals surface area contributed by atoms with Crippen molar-refractivity contribution in [1.82, 2.24) is 5.32 Å². The molecule has 0 aromatic heterocycles. The Labute approximate surface area is 200 Å². The second-order valence-electron chi connectivity index (χ2n) is 8.94. The number of ether oxygens (including phenoxy) is 3. The third-order valence-electron chi connectivity index (χ3n) is 6.18. The maximum absolute atomic E-state index is 13.2. The fourth-order valence-electron chi connectivity index (χ4n) is 4.67. The fourth-order valence-corrected chi connectivity index (χ4v) is 4.67. The molecular weight excluding hydrogens is 430 g/mol. The van der Waals surface area contributed by atoms with Crippen LogP contribution in [0.25, 0.3) is 0 Å². The summed E-state index contributed by atoms with van der Waals surface area (Å²) >= 11 is 0. The van der Waals surface area contributed by atoms with E-state index in [0.717, 1.165) is 29.7 Å². The Morgan fingerprint density at radius 3 is 2.59 bits per heavy atom. The number of Topliss-reactive ketones (excluding diaryl/α,β-unsaturated/α-hetero) is 1. The molecule has 0 radical (unpaired) electrons. The quantitative estimate of drug-likeness (QED) is 0.582. The second kappa shape index (κ2) is 10.2. The standard InChI is InChI=1S/C28H31NO5/c1-17(2)34-28(31)25-18(3)29-21-11-8-12-22(30)27(21)26(25)20-13-14-23(24(15-20)32-4)33-16-19-9-6-5-7-10-19/h5-7,9-10,13-15,17,25-26,29H,3,8,11-12,16H2,1-2,4H3. The van der Waals surface area contributed by atoms with E-state index in [1.165, 1.54) is 0 Å². The highest BCUT2D eigenvalue weighted by Gasteiger charge is 2.44. The van der Waals surface area contributed by atoms with Gasteiger partial charge < -0.3 is 19.5 Å². The molecule has 0 amide bonds. The van der Waals surface area contributed by atoms with Gasteiger partial charge in [-0.2, -0.15) is 0 Å². The van der Waals surface area contributed by atoms with Crippen LogP contribution < -0.4 is 14.8 Å². The normalized spacial score (nSPS) is 20.0. The van der Waals surface area contributed by atoms with Crippen LogP contribution in [-0.4, -0.2) is 25.0 Å². The van der Waals surface area contributed by atoms with E-state index in [1.54, 1.807) is 7.11 Å². The third kappa shape index (κ3) is 4.86. The van der Waals surface area contributed by atoms with Crippen molar-refractivity contribution in [2.45, 2.75) is 51.7 Å². The van der Waals surface area contributed by atoms with Gasteiger partial charge in [-0.05, 0) is 49.9 Å². The minimum absolute atomic E-state index is 0.0527. The van der Waals surface area contributed by atoms with Crippen LogP contribution in [0.4, 0.5) is 0 Å². The van der Waals surface area contributed by atoms with Crippen molar-refractivity contribution in [1.29, 1.82) is 0 Å². The maximum atomic E-state index is 13.2. The summed E-state index contributed by atoms with van der Waals surface area (Å²) in [6, 6.07) is 15.5. The zero-order valence-corrected chi connectivity index (χ0v) is 19.9. The SMILES string of the molecule is C=C1NC2=C(C(=O)CCC2)C(c2ccc(OCc3ccccc3)c(OC)c2)C1C(=O)OC(C)C. The first kappa shape index (κ1) is 23.6. The molecule has 0 bridgehead atoms. The molecule has 2 atom stereocenters. The monoisotopic (exact) mass is 461 g/mol. The topological polar surface area (TPSA) is 73.9 Å². The van der Waals surface area contributed by atoms with Gasteiger partial charge in [0, 0.05) is 29.3 Å². The van der Waals surface area contributed by atoms with Gasteiger partial charge in [0.1, 0.15) is 12.5 Å². The van der Waals surface area contributed by atoms with E-state index < -0.39 is 17.8 Å². The summed E-state index contributed by atoms with van der Waals surface area (Å²) < 4.78 is 17.2. The second-order valence-corrected chi connectivity index (χ2v) is 8.94. The summed E-state index contributed by atoms with van der Waals surface area (Å²) in [5.74, 6) is -0.432. The average molecular weight is 462 g/mol. The average Bonchev–Trinajstić information content (AvgIpc) is 2.82. The number of nitrogens with one attached hydrogen (secondary N) is 1. The summed E-state index contributed by atoms with van der Waals surface area (Å²) in [6.45, 7) is 8.15. The number of allylic oxidation sites excluding steroid dienone is 2. The number of esters is 1. The Morgan fingerprint density at radius 1 is 1.12 bits per heavy atom.